The molecule has 0 bridgehead atoms. The van der Waals surface area contributed by atoms with Gasteiger partial charge < -0.3 is 10.1 Å². The molecule has 1 aliphatic rings. The fourth-order valence-corrected chi connectivity index (χ4v) is 4.47. The van der Waals surface area contributed by atoms with Crippen LogP contribution in [0.2, 0.25) is 0 Å². The highest BCUT2D eigenvalue weighted by molar-refractivity contribution is 7.16. The fraction of sp³-hybridized carbons (Fsp3) is 0.429. The molecule has 0 radical (unpaired) electrons. The molecule has 0 fully saturated rings. The third-order valence-corrected chi connectivity index (χ3v) is 6.17. The summed E-state index contributed by atoms with van der Waals surface area (Å²) in [4.78, 5) is 13.5. The van der Waals surface area contributed by atoms with Crippen molar-refractivity contribution in [2.75, 3.05) is 11.9 Å². The number of thiophene rings is 1. The number of carbonyl (C=O) groups excluding carboxylic acids is 1. The molecule has 4 nitrogen and oxygen atoms in total. The van der Waals surface area contributed by atoms with Gasteiger partial charge in [-0.15, -0.1) is 11.3 Å². The van der Waals surface area contributed by atoms with E-state index in [0.29, 0.717) is 22.2 Å². The van der Waals surface area contributed by atoms with E-state index >= 15 is 0 Å². The Kier molecular flexibility index (Phi) is 5.95. The molecule has 0 unspecified atom stereocenters. The van der Waals surface area contributed by atoms with Crippen LogP contribution in [0.25, 0.3) is 0 Å². The number of amides is 1. The zero-order valence-electron chi connectivity index (χ0n) is 15.3. The first-order valence-electron chi connectivity index (χ1n) is 9.19. The predicted octanol–water partition coefficient (Wildman–Crippen LogP) is 5.03. The van der Waals surface area contributed by atoms with E-state index in [0.717, 1.165) is 37.7 Å². The van der Waals surface area contributed by atoms with E-state index in [1.807, 2.05) is 24.3 Å². The van der Waals surface area contributed by atoms with Crippen LogP contribution in [0.5, 0.6) is 5.75 Å². The van der Waals surface area contributed by atoms with Crippen LogP contribution < -0.4 is 10.1 Å². The maximum absolute atomic E-state index is 12.2. The summed E-state index contributed by atoms with van der Waals surface area (Å²) in [5.74, 6) is 0.964. The van der Waals surface area contributed by atoms with Crippen molar-refractivity contribution in [3.63, 3.8) is 0 Å². The minimum Gasteiger partial charge on any atom is -0.484 e. The third kappa shape index (κ3) is 4.08. The van der Waals surface area contributed by atoms with Crippen molar-refractivity contribution in [1.82, 2.24) is 0 Å². The number of ether oxygens (including phenoxy) is 1. The van der Waals surface area contributed by atoms with Crippen molar-refractivity contribution in [2.24, 2.45) is 0 Å². The average Bonchev–Trinajstić information content (AvgIpc) is 3.03. The molecule has 0 spiro atoms. The van der Waals surface area contributed by atoms with E-state index in [2.05, 4.69) is 25.2 Å². The van der Waals surface area contributed by atoms with Crippen molar-refractivity contribution < 1.29 is 9.53 Å². The van der Waals surface area contributed by atoms with Gasteiger partial charge in [0.2, 0.25) is 0 Å². The van der Waals surface area contributed by atoms with Crippen molar-refractivity contribution in [2.45, 2.75) is 51.9 Å². The molecule has 1 amide bonds. The Hall–Kier alpha value is -2.32. The van der Waals surface area contributed by atoms with Gasteiger partial charge in [-0.3, -0.25) is 4.79 Å². The summed E-state index contributed by atoms with van der Waals surface area (Å²) in [6, 6.07) is 10.2. The van der Waals surface area contributed by atoms with Crippen molar-refractivity contribution >= 4 is 22.2 Å². The van der Waals surface area contributed by atoms with E-state index in [1.54, 1.807) is 0 Å². The van der Waals surface area contributed by atoms with Gasteiger partial charge in [0.25, 0.3) is 5.91 Å². The summed E-state index contributed by atoms with van der Waals surface area (Å²) < 4.78 is 5.59. The number of anilines is 1. The number of aryl methyl sites for hydroxylation is 1. The van der Waals surface area contributed by atoms with E-state index in [4.69, 9.17) is 4.74 Å². The highest BCUT2D eigenvalue weighted by Crippen LogP contribution is 2.37. The fourth-order valence-electron chi connectivity index (χ4n) is 3.21. The molecule has 1 atom stereocenters. The van der Waals surface area contributed by atoms with Crippen molar-refractivity contribution in [3.05, 3.63) is 45.8 Å². The summed E-state index contributed by atoms with van der Waals surface area (Å²) in [5, 5.41) is 13.0. The second kappa shape index (κ2) is 8.37. The van der Waals surface area contributed by atoms with Crippen molar-refractivity contribution in [3.8, 4) is 11.8 Å². The largest absolute Gasteiger partial charge is 0.484 e. The third-order valence-electron chi connectivity index (χ3n) is 4.97. The molecule has 2 aromatic rings. The average molecular weight is 369 g/mol. The number of rotatable bonds is 6. The van der Waals surface area contributed by atoms with E-state index < -0.39 is 0 Å². The zero-order valence-corrected chi connectivity index (χ0v) is 16.1. The first kappa shape index (κ1) is 18.5. The molecule has 3 rings (SSSR count). The molecule has 1 heterocycles. The van der Waals surface area contributed by atoms with Crippen LogP contribution in [-0.4, -0.2) is 12.5 Å². The summed E-state index contributed by atoms with van der Waals surface area (Å²) in [5.41, 5.74) is 3.03. The number of nitrogens with one attached hydrogen (secondary N) is 1. The molecule has 1 N–H and O–H groups in total. The SMILES string of the molecule is CC[C@@H](C)c1ccc(OCC(=O)Nc2sc3c(c2C#N)CCCC3)cc1. The number of nitriles is 1. The van der Waals surface area contributed by atoms with Gasteiger partial charge in [-0.1, -0.05) is 26.0 Å². The van der Waals surface area contributed by atoms with Crippen LogP contribution in [0.1, 0.15) is 60.6 Å². The normalized spacial score (nSPS) is 14.2. The van der Waals surface area contributed by atoms with Gasteiger partial charge in [0.1, 0.15) is 16.8 Å². The number of hydrogen-bond donors (Lipinski definition) is 1. The zero-order chi connectivity index (χ0) is 18.5. The Morgan fingerprint density at radius 2 is 2.04 bits per heavy atom. The first-order valence-corrected chi connectivity index (χ1v) is 10.0. The van der Waals surface area contributed by atoms with Gasteiger partial charge in [-0.25, -0.2) is 0 Å². The Labute approximate surface area is 158 Å². The lowest BCUT2D eigenvalue weighted by Gasteiger charge is -2.11. The second-order valence-corrected chi connectivity index (χ2v) is 7.85. The van der Waals surface area contributed by atoms with Crippen LogP contribution in [0.15, 0.2) is 24.3 Å². The Morgan fingerprint density at radius 1 is 1.31 bits per heavy atom. The molecule has 1 aliphatic carbocycles. The predicted molar refractivity (Wildman–Crippen MR) is 105 cm³/mol. The number of fused-ring (bicyclic) bond motifs is 1. The maximum Gasteiger partial charge on any atom is 0.262 e. The first-order chi connectivity index (χ1) is 12.6. The molecular formula is C21H24N2O2S. The van der Waals surface area contributed by atoms with Crippen LogP contribution >= 0.6 is 11.3 Å². The topological polar surface area (TPSA) is 62.1 Å². The van der Waals surface area contributed by atoms with Crippen LogP contribution in [0.4, 0.5) is 5.00 Å². The van der Waals surface area contributed by atoms with Crippen LogP contribution in [0, 0.1) is 11.3 Å². The van der Waals surface area contributed by atoms with Gasteiger partial charge in [0.15, 0.2) is 6.61 Å². The molecule has 0 aliphatic heterocycles. The Morgan fingerprint density at radius 3 is 2.73 bits per heavy atom. The summed E-state index contributed by atoms with van der Waals surface area (Å²) in [6.45, 7) is 4.30. The lowest BCUT2D eigenvalue weighted by molar-refractivity contribution is -0.118. The van der Waals surface area contributed by atoms with Crippen LogP contribution in [-0.2, 0) is 17.6 Å². The number of benzene rings is 1. The Balaban J connectivity index is 1.60. The smallest absolute Gasteiger partial charge is 0.262 e. The molecule has 0 saturated carbocycles. The number of carbonyl (C=O) groups is 1. The van der Waals surface area contributed by atoms with E-state index in [9.17, 15) is 10.1 Å². The number of hydrogen-bond acceptors (Lipinski definition) is 4. The summed E-state index contributed by atoms with van der Waals surface area (Å²) in [7, 11) is 0. The van der Waals surface area contributed by atoms with Gasteiger partial charge in [0.05, 0.1) is 5.56 Å². The Bertz CT molecular complexity index is 818. The standard InChI is InChI=1S/C21H24N2O2S/c1-3-14(2)15-8-10-16(11-9-15)25-13-20(24)23-21-18(12-22)17-6-4-5-7-19(17)26-21/h8-11,14H,3-7,13H2,1-2H3,(H,23,24)/t14-/m1/s1. The molecule has 0 saturated heterocycles. The van der Waals surface area contributed by atoms with E-state index in [-0.39, 0.29) is 12.5 Å². The van der Waals surface area contributed by atoms with Crippen molar-refractivity contribution in [1.29, 1.82) is 5.26 Å². The lowest BCUT2D eigenvalue weighted by atomic mass is 9.96. The maximum atomic E-state index is 12.2. The molecule has 1 aromatic heterocycles. The molecule has 26 heavy (non-hydrogen) atoms. The summed E-state index contributed by atoms with van der Waals surface area (Å²) in [6.07, 6.45) is 5.30. The quantitative estimate of drug-likeness (QED) is 0.778. The minimum absolute atomic E-state index is 0.0594. The minimum atomic E-state index is -0.230. The monoisotopic (exact) mass is 368 g/mol. The van der Waals surface area contributed by atoms with Gasteiger partial charge >= 0.3 is 0 Å². The van der Waals surface area contributed by atoms with Gasteiger partial charge in [-0.2, -0.15) is 5.26 Å². The second-order valence-electron chi connectivity index (χ2n) is 6.74. The van der Waals surface area contributed by atoms with Gasteiger partial charge in [0, 0.05) is 4.88 Å². The van der Waals surface area contributed by atoms with E-state index in [1.165, 1.54) is 21.8 Å². The lowest BCUT2D eigenvalue weighted by Crippen LogP contribution is -2.20. The highest BCUT2D eigenvalue weighted by Gasteiger charge is 2.21. The summed E-state index contributed by atoms with van der Waals surface area (Å²) >= 11 is 1.53. The van der Waals surface area contributed by atoms with Crippen LogP contribution in [0.3, 0.4) is 0 Å². The molecular weight excluding hydrogens is 344 g/mol. The van der Waals surface area contributed by atoms with Gasteiger partial charge in [-0.05, 0) is 61.3 Å². The molecule has 136 valence electrons. The molecule has 1 aromatic carbocycles. The highest BCUT2D eigenvalue weighted by atomic mass is 32.1. The molecule has 5 heteroatoms. The number of nitrogens with zero attached hydrogens (tertiary/aromatic N) is 1.